The van der Waals surface area contributed by atoms with Gasteiger partial charge in [0.25, 0.3) is 5.95 Å². The van der Waals surface area contributed by atoms with Crippen LogP contribution in [0.15, 0.2) is 72.0 Å². The predicted molar refractivity (Wildman–Crippen MR) is 145 cm³/mol. The van der Waals surface area contributed by atoms with E-state index < -0.39 is 11.2 Å². The van der Waals surface area contributed by atoms with Gasteiger partial charge in [-0.3, -0.25) is 0 Å². The Bertz CT molecular complexity index is 1550. The van der Waals surface area contributed by atoms with Crippen LogP contribution in [0.5, 0.6) is 11.5 Å². The van der Waals surface area contributed by atoms with Gasteiger partial charge in [-0.15, -0.1) is 0 Å². The molecule has 37 heavy (non-hydrogen) atoms. The van der Waals surface area contributed by atoms with Gasteiger partial charge in [0.05, 0.1) is 31.6 Å². The van der Waals surface area contributed by atoms with Crippen LogP contribution in [0.3, 0.4) is 0 Å². The number of ether oxygens (including phenoxy) is 2. The van der Waals surface area contributed by atoms with E-state index in [1.54, 1.807) is 37.6 Å². The second-order valence-corrected chi connectivity index (χ2v) is 9.93. The monoisotopic (exact) mass is 514 g/mol. The lowest BCUT2D eigenvalue weighted by atomic mass is 10.1. The lowest BCUT2D eigenvalue weighted by Crippen LogP contribution is -2.10. The number of benzene rings is 2. The minimum atomic E-state index is -1.03. The van der Waals surface area contributed by atoms with Crippen molar-refractivity contribution in [1.29, 1.82) is 0 Å². The fourth-order valence-corrected chi connectivity index (χ4v) is 4.50. The van der Waals surface area contributed by atoms with Gasteiger partial charge in [0.2, 0.25) is 0 Å². The maximum Gasteiger partial charge on any atom is 0.251 e. The summed E-state index contributed by atoms with van der Waals surface area (Å²) in [4.78, 5) is 17.0. The average Bonchev–Trinajstić information content (AvgIpc) is 3.42. The minimum Gasteiger partial charge on any atom is -0.612 e. The molecule has 1 atom stereocenters. The van der Waals surface area contributed by atoms with Gasteiger partial charge >= 0.3 is 0 Å². The molecular formula is C27H26N6O3S. The van der Waals surface area contributed by atoms with Gasteiger partial charge in [0, 0.05) is 49.1 Å². The molecule has 0 saturated carbocycles. The average molecular weight is 515 g/mol. The SMILES string of the molecule is COc1cc2nc(-n3cc(-c4ccc([S+](C)[O-])cc4)cn3)nc(-c3ccc(N(C)C)nc3)c2cc1OC. The third kappa shape index (κ3) is 4.81. The third-order valence-corrected chi connectivity index (χ3v) is 6.91. The summed E-state index contributed by atoms with van der Waals surface area (Å²) in [5.41, 5.74) is 4.06. The van der Waals surface area contributed by atoms with Crippen LogP contribution in [0.1, 0.15) is 0 Å². The number of methoxy groups -OCH3 is 2. The number of anilines is 1. The molecule has 0 aliphatic carbocycles. The fraction of sp³-hybridized carbons (Fsp3) is 0.185. The summed E-state index contributed by atoms with van der Waals surface area (Å²) in [7, 11) is 7.08. The Balaban J connectivity index is 1.64. The molecule has 0 amide bonds. The van der Waals surface area contributed by atoms with Gasteiger partial charge in [-0.25, -0.2) is 19.6 Å². The Hall–Kier alpha value is -4.15. The van der Waals surface area contributed by atoms with Crippen molar-refractivity contribution in [3.63, 3.8) is 0 Å². The third-order valence-electron chi connectivity index (χ3n) is 5.98. The van der Waals surface area contributed by atoms with Crippen LogP contribution in [-0.4, -0.2) is 63.9 Å². The topological polar surface area (TPSA) is 101 Å². The van der Waals surface area contributed by atoms with Gasteiger partial charge in [0.15, 0.2) is 16.4 Å². The van der Waals surface area contributed by atoms with Crippen LogP contribution in [-0.2, 0) is 11.2 Å². The van der Waals surface area contributed by atoms with Gasteiger partial charge < -0.3 is 18.9 Å². The smallest absolute Gasteiger partial charge is 0.251 e. The van der Waals surface area contributed by atoms with E-state index in [4.69, 9.17) is 19.4 Å². The van der Waals surface area contributed by atoms with E-state index in [0.717, 1.165) is 32.8 Å². The number of fused-ring (bicyclic) bond motifs is 1. The molecule has 0 aliphatic rings. The first-order chi connectivity index (χ1) is 17.9. The fourth-order valence-electron chi connectivity index (χ4n) is 3.98. The second-order valence-electron chi connectivity index (χ2n) is 8.55. The highest BCUT2D eigenvalue weighted by Gasteiger charge is 2.17. The molecule has 10 heteroatoms. The molecule has 0 N–H and O–H groups in total. The van der Waals surface area contributed by atoms with Crippen LogP contribution in [0, 0.1) is 0 Å². The van der Waals surface area contributed by atoms with Crippen molar-refractivity contribution >= 4 is 27.9 Å². The van der Waals surface area contributed by atoms with Crippen molar-refractivity contribution in [3.05, 3.63) is 67.1 Å². The van der Waals surface area contributed by atoms with E-state index in [9.17, 15) is 4.55 Å². The van der Waals surface area contributed by atoms with Crippen molar-refractivity contribution < 1.29 is 14.0 Å². The van der Waals surface area contributed by atoms with E-state index in [2.05, 4.69) is 10.1 Å². The molecule has 0 bridgehead atoms. The van der Waals surface area contributed by atoms with Gasteiger partial charge in [-0.05, 0) is 59.2 Å². The summed E-state index contributed by atoms with van der Waals surface area (Å²) in [5, 5.41) is 5.33. The lowest BCUT2D eigenvalue weighted by Gasteiger charge is -2.14. The van der Waals surface area contributed by atoms with Crippen molar-refractivity contribution in [2.45, 2.75) is 4.90 Å². The molecule has 0 saturated heterocycles. The molecule has 3 heterocycles. The Kier molecular flexibility index (Phi) is 6.68. The van der Waals surface area contributed by atoms with E-state index >= 15 is 0 Å². The van der Waals surface area contributed by atoms with Gasteiger partial charge in [0.1, 0.15) is 12.1 Å². The summed E-state index contributed by atoms with van der Waals surface area (Å²) in [6.45, 7) is 0. The molecule has 188 valence electrons. The molecule has 3 aromatic heterocycles. The lowest BCUT2D eigenvalue weighted by molar-refractivity contribution is 0.356. The molecular weight excluding hydrogens is 488 g/mol. The molecule has 5 aromatic rings. The van der Waals surface area contributed by atoms with Crippen LogP contribution in [0.2, 0.25) is 0 Å². The van der Waals surface area contributed by atoms with E-state index in [1.165, 1.54) is 0 Å². The Morgan fingerprint density at radius 3 is 2.19 bits per heavy atom. The second kappa shape index (κ2) is 10.1. The highest BCUT2D eigenvalue weighted by atomic mass is 32.2. The Morgan fingerprint density at radius 2 is 1.57 bits per heavy atom. The van der Waals surface area contributed by atoms with Crippen LogP contribution >= 0.6 is 0 Å². The molecule has 0 aliphatic heterocycles. The van der Waals surface area contributed by atoms with Gasteiger partial charge in [-0.1, -0.05) is 0 Å². The van der Waals surface area contributed by atoms with Crippen molar-refractivity contribution in [2.24, 2.45) is 0 Å². The number of rotatable bonds is 7. The maximum absolute atomic E-state index is 11.7. The standard InChI is InChI=1S/C27H26N6O3S/c1-32(2)25-11-8-18(14-28-25)26-21-12-23(35-3)24(36-4)13-22(21)30-27(31-26)33-16-19(15-29-33)17-6-9-20(10-7-17)37(5)34/h6-16H,1-5H3. The summed E-state index contributed by atoms with van der Waals surface area (Å²) in [6, 6.07) is 15.2. The molecule has 0 radical (unpaired) electrons. The normalized spacial score (nSPS) is 11.9. The van der Waals surface area contributed by atoms with Gasteiger partial charge in [-0.2, -0.15) is 5.10 Å². The first-order valence-corrected chi connectivity index (χ1v) is 13.0. The zero-order valence-electron chi connectivity index (χ0n) is 21.2. The highest BCUT2D eigenvalue weighted by molar-refractivity contribution is 7.90. The minimum absolute atomic E-state index is 0.406. The summed E-state index contributed by atoms with van der Waals surface area (Å²) < 4.78 is 24.4. The molecule has 0 spiro atoms. The largest absolute Gasteiger partial charge is 0.612 e. The van der Waals surface area contributed by atoms with E-state index in [-0.39, 0.29) is 0 Å². The summed E-state index contributed by atoms with van der Waals surface area (Å²) in [5.74, 6) is 2.41. The molecule has 9 nitrogen and oxygen atoms in total. The van der Waals surface area contributed by atoms with Crippen LogP contribution in [0.25, 0.3) is 39.2 Å². The van der Waals surface area contributed by atoms with Crippen LogP contribution < -0.4 is 14.4 Å². The Morgan fingerprint density at radius 1 is 0.865 bits per heavy atom. The highest BCUT2D eigenvalue weighted by Crippen LogP contribution is 2.36. The maximum atomic E-state index is 11.7. The van der Waals surface area contributed by atoms with Crippen molar-refractivity contribution in [2.75, 3.05) is 39.5 Å². The quantitative estimate of drug-likeness (QED) is 0.295. The molecule has 1 unspecified atom stereocenters. The van der Waals surface area contributed by atoms with Crippen molar-refractivity contribution in [3.8, 4) is 39.8 Å². The number of hydrogen-bond acceptors (Lipinski definition) is 8. The number of nitrogens with zero attached hydrogens (tertiary/aromatic N) is 6. The number of pyridine rings is 1. The van der Waals surface area contributed by atoms with Crippen LogP contribution in [0.4, 0.5) is 5.82 Å². The molecule has 2 aromatic carbocycles. The van der Waals surface area contributed by atoms with Crippen molar-refractivity contribution in [1.82, 2.24) is 24.7 Å². The number of hydrogen-bond donors (Lipinski definition) is 0. The first-order valence-electron chi connectivity index (χ1n) is 11.4. The Labute approximate surface area is 217 Å². The zero-order chi connectivity index (χ0) is 26.1. The first kappa shape index (κ1) is 24.5. The molecule has 0 fully saturated rings. The molecule has 5 rings (SSSR count). The predicted octanol–water partition coefficient (Wildman–Crippen LogP) is 4.37. The van der Waals surface area contributed by atoms with E-state index in [0.29, 0.717) is 28.7 Å². The summed E-state index contributed by atoms with van der Waals surface area (Å²) in [6.07, 6.45) is 7.09. The zero-order valence-corrected chi connectivity index (χ0v) is 22.0. The number of aromatic nitrogens is 5. The van der Waals surface area contributed by atoms with E-state index in [1.807, 2.05) is 73.7 Å². The summed E-state index contributed by atoms with van der Waals surface area (Å²) >= 11 is -1.03.